The Morgan fingerprint density at radius 1 is 1.41 bits per heavy atom. The maximum atomic E-state index is 12.5. The van der Waals surface area contributed by atoms with E-state index in [0.29, 0.717) is 12.5 Å². The Labute approximate surface area is 105 Å². The second kappa shape index (κ2) is 5.36. The van der Waals surface area contributed by atoms with E-state index in [1.807, 2.05) is 11.9 Å². The lowest BCUT2D eigenvalue weighted by Crippen LogP contribution is -2.52. The number of rotatable bonds is 2. The van der Waals surface area contributed by atoms with Gasteiger partial charge in [-0.3, -0.25) is 9.69 Å². The molecular weight excluding hydrogens is 216 g/mol. The number of aliphatic hydroxyl groups is 1. The summed E-state index contributed by atoms with van der Waals surface area (Å²) in [5.74, 6) is 0.151. The van der Waals surface area contributed by atoms with E-state index < -0.39 is 0 Å². The van der Waals surface area contributed by atoms with Crippen LogP contribution in [0.1, 0.15) is 40.5 Å². The zero-order valence-corrected chi connectivity index (χ0v) is 11.7. The van der Waals surface area contributed by atoms with Gasteiger partial charge in [-0.25, -0.2) is 0 Å². The maximum absolute atomic E-state index is 12.5. The van der Waals surface area contributed by atoms with E-state index in [4.69, 9.17) is 5.11 Å². The molecule has 17 heavy (non-hydrogen) atoms. The van der Waals surface area contributed by atoms with E-state index in [1.165, 1.54) is 0 Å². The first kappa shape index (κ1) is 14.5. The van der Waals surface area contributed by atoms with Crippen LogP contribution in [0.5, 0.6) is 0 Å². The molecule has 1 aliphatic heterocycles. The van der Waals surface area contributed by atoms with Gasteiger partial charge < -0.3 is 10.0 Å². The van der Waals surface area contributed by atoms with E-state index >= 15 is 0 Å². The molecule has 1 fully saturated rings. The second-order valence-corrected chi connectivity index (χ2v) is 5.99. The van der Waals surface area contributed by atoms with Crippen LogP contribution in [0.2, 0.25) is 0 Å². The van der Waals surface area contributed by atoms with Crippen LogP contribution in [0, 0.1) is 0 Å². The summed E-state index contributed by atoms with van der Waals surface area (Å²) in [5, 5.41) is 9.12. The number of likely N-dealkylation sites (N-methyl/N-ethyl adjacent to an activating group) is 1. The lowest BCUT2D eigenvalue weighted by molar-refractivity contribution is -0.140. The minimum Gasteiger partial charge on any atom is -0.396 e. The highest BCUT2D eigenvalue weighted by Crippen LogP contribution is 2.23. The van der Waals surface area contributed by atoms with Gasteiger partial charge in [0.25, 0.3) is 0 Å². The van der Waals surface area contributed by atoms with Gasteiger partial charge in [0.1, 0.15) is 0 Å². The summed E-state index contributed by atoms with van der Waals surface area (Å²) in [5.41, 5.74) is -0.143. The highest BCUT2D eigenvalue weighted by atomic mass is 16.3. The molecule has 2 unspecified atom stereocenters. The highest BCUT2D eigenvalue weighted by Gasteiger charge is 2.37. The van der Waals surface area contributed by atoms with Gasteiger partial charge in [-0.2, -0.15) is 0 Å². The average Bonchev–Trinajstić information content (AvgIpc) is 2.31. The van der Waals surface area contributed by atoms with Gasteiger partial charge in [0.2, 0.25) is 5.91 Å². The van der Waals surface area contributed by atoms with Gasteiger partial charge in [-0.1, -0.05) is 0 Å². The fourth-order valence-electron chi connectivity index (χ4n) is 2.41. The fraction of sp³-hybridized carbons (Fsp3) is 0.923. The molecule has 1 amide bonds. The van der Waals surface area contributed by atoms with Crippen LogP contribution < -0.4 is 0 Å². The van der Waals surface area contributed by atoms with Crippen molar-refractivity contribution in [2.24, 2.45) is 0 Å². The summed E-state index contributed by atoms with van der Waals surface area (Å²) in [6.45, 7) is 9.20. The minimum atomic E-state index is -0.184. The number of carbonyl (C=O) groups is 1. The molecule has 0 aromatic rings. The predicted octanol–water partition coefficient (Wildman–Crippen LogP) is 1.09. The van der Waals surface area contributed by atoms with Crippen molar-refractivity contribution in [3.8, 4) is 0 Å². The van der Waals surface area contributed by atoms with Crippen LogP contribution in [0.15, 0.2) is 0 Å². The lowest BCUT2D eigenvalue weighted by Gasteiger charge is -2.37. The SMILES string of the molecule is CC1CCN(C(C)(C)C)C(=O)C(CCO)N1C. The Hall–Kier alpha value is -0.610. The van der Waals surface area contributed by atoms with Gasteiger partial charge >= 0.3 is 0 Å². The van der Waals surface area contributed by atoms with Crippen LogP contribution >= 0.6 is 0 Å². The third-order valence-electron chi connectivity index (χ3n) is 3.72. The van der Waals surface area contributed by atoms with E-state index in [-0.39, 0.29) is 24.1 Å². The quantitative estimate of drug-likeness (QED) is 0.788. The van der Waals surface area contributed by atoms with Crippen molar-refractivity contribution >= 4 is 5.91 Å². The van der Waals surface area contributed by atoms with E-state index in [2.05, 4.69) is 32.6 Å². The lowest BCUT2D eigenvalue weighted by atomic mass is 10.0. The molecule has 0 saturated carbocycles. The van der Waals surface area contributed by atoms with Crippen LogP contribution in [0.3, 0.4) is 0 Å². The second-order valence-electron chi connectivity index (χ2n) is 5.99. The van der Waals surface area contributed by atoms with Crippen LogP contribution in [0.4, 0.5) is 0 Å². The monoisotopic (exact) mass is 242 g/mol. The van der Waals surface area contributed by atoms with Crippen molar-refractivity contribution in [3.05, 3.63) is 0 Å². The summed E-state index contributed by atoms with van der Waals surface area (Å²) < 4.78 is 0. The smallest absolute Gasteiger partial charge is 0.240 e. The number of amides is 1. The molecule has 2 atom stereocenters. The van der Waals surface area contributed by atoms with Crippen molar-refractivity contribution in [3.63, 3.8) is 0 Å². The molecule has 0 aliphatic carbocycles. The Morgan fingerprint density at radius 2 is 2.00 bits per heavy atom. The summed E-state index contributed by atoms with van der Waals surface area (Å²) >= 11 is 0. The molecule has 1 aliphatic rings. The largest absolute Gasteiger partial charge is 0.396 e. The summed E-state index contributed by atoms with van der Waals surface area (Å²) in [7, 11) is 1.98. The van der Waals surface area contributed by atoms with Crippen molar-refractivity contribution in [1.29, 1.82) is 0 Å². The third-order valence-corrected chi connectivity index (χ3v) is 3.72. The molecule has 1 N–H and O–H groups in total. The molecule has 1 rings (SSSR count). The van der Waals surface area contributed by atoms with Crippen LogP contribution in [0.25, 0.3) is 0 Å². The zero-order valence-electron chi connectivity index (χ0n) is 11.7. The molecule has 100 valence electrons. The maximum Gasteiger partial charge on any atom is 0.240 e. The van der Waals surface area contributed by atoms with Gasteiger partial charge in [0.15, 0.2) is 0 Å². The predicted molar refractivity (Wildman–Crippen MR) is 68.8 cm³/mol. The van der Waals surface area contributed by atoms with Gasteiger partial charge in [0, 0.05) is 24.7 Å². The first-order valence-electron chi connectivity index (χ1n) is 6.43. The van der Waals surface area contributed by atoms with Crippen molar-refractivity contribution in [2.45, 2.75) is 58.2 Å². The number of aliphatic hydroxyl groups excluding tert-OH is 1. The van der Waals surface area contributed by atoms with Crippen molar-refractivity contribution in [1.82, 2.24) is 9.80 Å². The average molecular weight is 242 g/mol. The minimum absolute atomic E-state index is 0.0610. The molecule has 0 aromatic carbocycles. The fourth-order valence-corrected chi connectivity index (χ4v) is 2.41. The Balaban J connectivity index is 2.96. The molecule has 0 bridgehead atoms. The highest BCUT2D eigenvalue weighted by molar-refractivity contribution is 5.82. The Bertz CT molecular complexity index is 273. The summed E-state index contributed by atoms with van der Waals surface area (Å²) in [4.78, 5) is 16.6. The molecule has 0 radical (unpaired) electrons. The van der Waals surface area contributed by atoms with E-state index in [9.17, 15) is 4.79 Å². The third kappa shape index (κ3) is 3.19. The van der Waals surface area contributed by atoms with Crippen molar-refractivity contribution < 1.29 is 9.90 Å². The summed E-state index contributed by atoms with van der Waals surface area (Å²) in [6, 6.07) is 0.194. The normalized spacial score (nSPS) is 28.4. The topological polar surface area (TPSA) is 43.8 Å². The number of hydrogen-bond donors (Lipinski definition) is 1. The zero-order chi connectivity index (χ0) is 13.2. The Kier molecular flexibility index (Phi) is 4.55. The van der Waals surface area contributed by atoms with Crippen LogP contribution in [-0.4, -0.2) is 58.6 Å². The van der Waals surface area contributed by atoms with Crippen LogP contribution in [-0.2, 0) is 4.79 Å². The first-order valence-corrected chi connectivity index (χ1v) is 6.43. The molecule has 0 spiro atoms. The number of hydrogen-bond acceptors (Lipinski definition) is 3. The standard InChI is InChI=1S/C13H26N2O2/c1-10-6-8-15(13(2,3)4)12(17)11(7-9-16)14(10)5/h10-11,16H,6-9H2,1-5H3. The van der Waals surface area contributed by atoms with E-state index in [0.717, 1.165) is 13.0 Å². The number of carbonyl (C=O) groups excluding carboxylic acids is 1. The van der Waals surface area contributed by atoms with Crippen molar-refractivity contribution in [2.75, 3.05) is 20.2 Å². The Morgan fingerprint density at radius 3 is 2.47 bits per heavy atom. The molecular formula is C13H26N2O2. The summed E-state index contributed by atoms with van der Waals surface area (Å²) in [6.07, 6.45) is 1.51. The number of nitrogens with zero attached hydrogens (tertiary/aromatic N) is 2. The molecule has 4 heteroatoms. The van der Waals surface area contributed by atoms with Gasteiger partial charge in [0.05, 0.1) is 6.04 Å². The van der Waals surface area contributed by atoms with Gasteiger partial charge in [-0.05, 0) is 47.6 Å². The van der Waals surface area contributed by atoms with E-state index in [1.54, 1.807) is 0 Å². The van der Waals surface area contributed by atoms with Gasteiger partial charge in [-0.15, -0.1) is 0 Å². The molecule has 0 aromatic heterocycles. The molecule has 1 saturated heterocycles. The molecule has 4 nitrogen and oxygen atoms in total. The first-order chi connectivity index (χ1) is 7.79. The molecule has 1 heterocycles.